The molecule has 190 valence electrons. The highest BCUT2D eigenvalue weighted by Crippen LogP contribution is 2.69. The maximum Gasteiger partial charge on any atom is 0.0805 e. The summed E-state index contributed by atoms with van der Waals surface area (Å²) in [7, 11) is 0. The number of hydrogen-bond donors (Lipinski definition) is 2. The van der Waals surface area contributed by atoms with E-state index in [9.17, 15) is 10.2 Å². The molecule has 1 aromatic rings. The van der Waals surface area contributed by atoms with Gasteiger partial charge in [-0.3, -0.25) is 4.98 Å². The van der Waals surface area contributed by atoms with E-state index in [-0.39, 0.29) is 6.10 Å². The average Bonchev–Trinajstić information content (AvgIpc) is 3.20. The standard InChI is InChI=1S/C31H49NO2/c1-5-31(34)17-16-29(3)23(19-31)9-10-24-26-12-11-25(30(26,4)15-14-27(24)29)21(2)8-13-28(33)22-7-6-18-32-20-22/h6-7,18,20-21,23-28,33-34H,5,8-17,19H2,1-4H3/t21-,23+,24+,25-,26+,27+,28+,29+,30-,31+/m1/s1. The molecule has 0 amide bonds. The van der Waals surface area contributed by atoms with E-state index in [1.54, 1.807) is 6.20 Å². The van der Waals surface area contributed by atoms with E-state index in [0.717, 1.165) is 67.3 Å². The van der Waals surface area contributed by atoms with Crippen molar-refractivity contribution < 1.29 is 10.2 Å². The number of aromatic nitrogens is 1. The molecular formula is C31H49NO2. The van der Waals surface area contributed by atoms with Crippen molar-refractivity contribution in [3.8, 4) is 0 Å². The zero-order valence-electron chi connectivity index (χ0n) is 22.2. The first-order chi connectivity index (χ1) is 16.2. The number of hydrogen-bond acceptors (Lipinski definition) is 3. The van der Waals surface area contributed by atoms with Gasteiger partial charge in [0.15, 0.2) is 0 Å². The summed E-state index contributed by atoms with van der Waals surface area (Å²) in [5.74, 6) is 4.83. The Kier molecular flexibility index (Phi) is 6.68. The monoisotopic (exact) mass is 467 g/mol. The molecular weight excluding hydrogens is 418 g/mol. The minimum Gasteiger partial charge on any atom is -0.390 e. The predicted octanol–water partition coefficient (Wildman–Crippen LogP) is 7.33. The highest BCUT2D eigenvalue weighted by molar-refractivity contribution is 5.13. The molecule has 1 heterocycles. The van der Waals surface area contributed by atoms with Crippen LogP contribution in [0.5, 0.6) is 0 Å². The number of rotatable bonds is 6. The summed E-state index contributed by atoms with van der Waals surface area (Å²) in [5.41, 5.74) is 1.48. The van der Waals surface area contributed by atoms with Gasteiger partial charge in [0.05, 0.1) is 11.7 Å². The summed E-state index contributed by atoms with van der Waals surface area (Å²) in [4.78, 5) is 4.19. The molecule has 0 bridgehead atoms. The number of aliphatic hydroxyl groups excluding tert-OH is 1. The average molecular weight is 468 g/mol. The van der Waals surface area contributed by atoms with E-state index in [1.165, 1.54) is 44.9 Å². The molecule has 4 fully saturated rings. The van der Waals surface area contributed by atoms with Gasteiger partial charge in [0.25, 0.3) is 0 Å². The van der Waals surface area contributed by atoms with Crippen molar-refractivity contribution in [2.75, 3.05) is 0 Å². The second kappa shape index (κ2) is 9.18. The second-order valence-electron chi connectivity index (χ2n) is 13.5. The lowest BCUT2D eigenvalue weighted by atomic mass is 9.43. The van der Waals surface area contributed by atoms with Crippen LogP contribution in [-0.4, -0.2) is 20.8 Å². The first-order valence-electron chi connectivity index (χ1n) is 14.5. The van der Waals surface area contributed by atoms with Gasteiger partial charge in [0.2, 0.25) is 0 Å². The van der Waals surface area contributed by atoms with Crippen LogP contribution >= 0.6 is 0 Å². The summed E-state index contributed by atoms with van der Waals surface area (Å²) in [6.45, 7) is 9.90. The Hall–Kier alpha value is -0.930. The topological polar surface area (TPSA) is 53.4 Å². The Morgan fingerprint density at radius 1 is 1.00 bits per heavy atom. The fourth-order valence-electron chi connectivity index (χ4n) is 9.98. The van der Waals surface area contributed by atoms with Crippen molar-refractivity contribution in [1.29, 1.82) is 0 Å². The molecule has 10 atom stereocenters. The van der Waals surface area contributed by atoms with Crippen molar-refractivity contribution in [1.82, 2.24) is 4.98 Å². The summed E-state index contributed by atoms with van der Waals surface area (Å²) < 4.78 is 0. The van der Waals surface area contributed by atoms with Gasteiger partial charge in [-0.1, -0.05) is 33.8 Å². The molecule has 0 unspecified atom stereocenters. The molecule has 5 rings (SSSR count). The Bertz CT molecular complexity index is 843. The quantitative estimate of drug-likeness (QED) is 0.460. The Morgan fingerprint density at radius 2 is 1.79 bits per heavy atom. The molecule has 0 spiro atoms. The summed E-state index contributed by atoms with van der Waals surface area (Å²) in [5, 5.41) is 21.8. The fourth-order valence-corrected chi connectivity index (χ4v) is 9.98. The van der Waals surface area contributed by atoms with Gasteiger partial charge in [-0.25, -0.2) is 0 Å². The number of nitrogens with zero attached hydrogens (tertiary/aromatic N) is 1. The van der Waals surface area contributed by atoms with Crippen LogP contribution in [0.25, 0.3) is 0 Å². The van der Waals surface area contributed by atoms with Crippen molar-refractivity contribution in [2.45, 2.75) is 116 Å². The third-order valence-corrected chi connectivity index (χ3v) is 12.2. The Labute approximate surface area is 208 Å². The third-order valence-electron chi connectivity index (χ3n) is 12.2. The molecule has 34 heavy (non-hydrogen) atoms. The van der Waals surface area contributed by atoms with Crippen LogP contribution in [0.2, 0.25) is 0 Å². The minimum atomic E-state index is -0.394. The van der Waals surface area contributed by atoms with E-state index in [4.69, 9.17) is 0 Å². The molecule has 4 aliphatic rings. The molecule has 3 nitrogen and oxygen atoms in total. The van der Waals surface area contributed by atoms with Crippen molar-refractivity contribution in [3.05, 3.63) is 30.1 Å². The highest BCUT2D eigenvalue weighted by atomic mass is 16.3. The van der Waals surface area contributed by atoms with Crippen LogP contribution in [0.15, 0.2) is 24.5 Å². The predicted molar refractivity (Wildman–Crippen MR) is 138 cm³/mol. The molecule has 4 aliphatic carbocycles. The van der Waals surface area contributed by atoms with E-state index in [2.05, 4.69) is 32.7 Å². The lowest BCUT2D eigenvalue weighted by molar-refractivity contribution is -0.152. The maximum absolute atomic E-state index is 11.1. The highest BCUT2D eigenvalue weighted by Gasteiger charge is 2.61. The SMILES string of the molecule is CC[C@]1(O)CC[C@@]2(C)[C@@H](CC[C@@H]3[C@@H]2CC[C@]2(C)[C@@H]([C@H](C)CC[C@H](O)c4cccnc4)CC[C@@H]32)C1. The van der Waals surface area contributed by atoms with E-state index < -0.39 is 5.60 Å². The zero-order chi connectivity index (χ0) is 24.1. The summed E-state index contributed by atoms with van der Waals surface area (Å²) >= 11 is 0. The molecule has 2 N–H and O–H groups in total. The van der Waals surface area contributed by atoms with Gasteiger partial charge in [0.1, 0.15) is 0 Å². The van der Waals surface area contributed by atoms with Crippen LogP contribution in [0.4, 0.5) is 0 Å². The second-order valence-corrected chi connectivity index (χ2v) is 13.5. The van der Waals surface area contributed by atoms with Crippen molar-refractivity contribution in [3.63, 3.8) is 0 Å². The van der Waals surface area contributed by atoms with Gasteiger partial charge >= 0.3 is 0 Å². The largest absolute Gasteiger partial charge is 0.390 e. The van der Waals surface area contributed by atoms with Gasteiger partial charge in [0, 0.05) is 12.4 Å². The van der Waals surface area contributed by atoms with E-state index in [0.29, 0.717) is 16.7 Å². The van der Waals surface area contributed by atoms with Crippen molar-refractivity contribution >= 4 is 0 Å². The summed E-state index contributed by atoms with van der Waals surface area (Å²) in [6.07, 6.45) is 17.7. The van der Waals surface area contributed by atoms with Crippen LogP contribution in [-0.2, 0) is 0 Å². The molecule has 0 radical (unpaired) electrons. The lowest BCUT2D eigenvalue weighted by Crippen LogP contribution is -2.56. The normalized spacial score (nSPS) is 45.6. The maximum atomic E-state index is 11.1. The molecule has 0 aromatic carbocycles. The number of aliphatic hydroxyl groups is 2. The van der Waals surface area contributed by atoms with E-state index in [1.807, 2.05) is 18.3 Å². The van der Waals surface area contributed by atoms with Crippen LogP contribution < -0.4 is 0 Å². The first-order valence-corrected chi connectivity index (χ1v) is 14.5. The van der Waals surface area contributed by atoms with Crippen molar-refractivity contribution in [2.24, 2.45) is 46.3 Å². The number of fused-ring (bicyclic) bond motifs is 5. The summed E-state index contributed by atoms with van der Waals surface area (Å²) in [6, 6.07) is 3.92. The van der Waals surface area contributed by atoms with Crippen LogP contribution in [0.1, 0.15) is 116 Å². The molecule has 4 saturated carbocycles. The Morgan fingerprint density at radius 3 is 2.53 bits per heavy atom. The third kappa shape index (κ3) is 4.07. The van der Waals surface area contributed by atoms with Gasteiger partial charge in [-0.05, 0) is 135 Å². The van der Waals surface area contributed by atoms with Crippen LogP contribution in [0, 0.1) is 46.3 Å². The smallest absolute Gasteiger partial charge is 0.0805 e. The number of pyridine rings is 1. The first kappa shape index (κ1) is 24.8. The zero-order valence-corrected chi connectivity index (χ0v) is 22.2. The minimum absolute atomic E-state index is 0.389. The fraction of sp³-hybridized carbons (Fsp3) is 0.839. The van der Waals surface area contributed by atoms with Gasteiger partial charge in [-0.15, -0.1) is 0 Å². The molecule has 0 aliphatic heterocycles. The van der Waals surface area contributed by atoms with Gasteiger partial charge < -0.3 is 10.2 Å². The van der Waals surface area contributed by atoms with Crippen LogP contribution in [0.3, 0.4) is 0 Å². The molecule has 1 aromatic heterocycles. The molecule has 3 heteroatoms. The lowest BCUT2D eigenvalue weighted by Gasteiger charge is -2.62. The van der Waals surface area contributed by atoms with Gasteiger partial charge in [-0.2, -0.15) is 0 Å². The van der Waals surface area contributed by atoms with E-state index >= 15 is 0 Å². The molecule has 0 saturated heterocycles. The Balaban J connectivity index is 1.25.